The molecule has 240 valence electrons. The molecule has 1 aliphatic heterocycles. The highest BCUT2D eigenvalue weighted by molar-refractivity contribution is 6.00. The van der Waals surface area contributed by atoms with Crippen molar-refractivity contribution in [2.75, 3.05) is 18.5 Å². The van der Waals surface area contributed by atoms with Crippen LogP contribution in [0.4, 0.5) is 14.9 Å². The minimum absolute atomic E-state index is 0.0969. The summed E-state index contributed by atoms with van der Waals surface area (Å²) in [5.41, 5.74) is 1.12. The molecule has 0 bridgehead atoms. The second-order valence-electron chi connectivity index (χ2n) is 13.0. The molecule has 1 aliphatic carbocycles. The van der Waals surface area contributed by atoms with Crippen molar-refractivity contribution in [1.82, 2.24) is 10.2 Å². The summed E-state index contributed by atoms with van der Waals surface area (Å²) in [5, 5.41) is 15.4. The van der Waals surface area contributed by atoms with E-state index in [4.69, 9.17) is 9.15 Å². The third-order valence-corrected chi connectivity index (χ3v) is 8.73. The Morgan fingerprint density at radius 1 is 1.02 bits per heavy atom. The number of carbonyl (C=O) groups excluding carboxylic acids is 3. The number of alkyl carbamates (subject to hydrolysis) is 1. The van der Waals surface area contributed by atoms with Crippen molar-refractivity contribution in [3.63, 3.8) is 0 Å². The molecule has 45 heavy (non-hydrogen) atoms. The normalized spacial score (nSPS) is 22.5. The molecule has 2 aliphatic rings. The molecule has 0 radical (unpaired) electrons. The zero-order chi connectivity index (χ0) is 32.3. The Morgan fingerprint density at radius 2 is 1.73 bits per heavy atom. The lowest BCUT2D eigenvalue weighted by atomic mass is 9.78. The van der Waals surface area contributed by atoms with Crippen molar-refractivity contribution < 1.29 is 37.8 Å². The smallest absolute Gasteiger partial charge is 0.407 e. The van der Waals surface area contributed by atoms with Crippen LogP contribution in [0.3, 0.4) is 0 Å². The maximum atomic E-state index is 14.0. The quantitative estimate of drug-likeness (QED) is 0.275. The number of aromatic carboxylic acids is 1. The third-order valence-electron chi connectivity index (χ3n) is 8.73. The molecule has 3 amide bonds. The Morgan fingerprint density at radius 3 is 2.38 bits per heavy atom. The van der Waals surface area contributed by atoms with Gasteiger partial charge in [-0.3, -0.25) is 9.59 Å². The Bertz CT molecular complexity index is 1540. The maximum Gasteiger partial charge on any atom is 0.407 e. The van der Waals surface area contributed by atoms with Crippen LogP contribution in [0.15, 0.2) is 59.0 Å². The molecule has 0 unspecified atom stereocenters. The number of benzene rings is 2. The van der Waals surface area contributed by atoms with Crippen molar-refractivity contribution in [1.29, 1.82) is 0 Å². The van der Waals surface area contributed by atoms with E-state index in [1.807, 2.05) is 30.3 Å². The molecule has 1 aromatic heterocycles. The maximum absolute atomic E-state index is 14.0. The molecular weight excluding hydrogens is 581 g/mol. The van der Waals surface area contributed by atoms with E-state index in [1.165, 1.54) is 6.07 Å². The number of hydrogen-bond donors (Lipinski definition) is 3. The van der Waals surface area contributed by atoms with E-state index in [0.29, 0.717) is 55.3 Å². The van der Waals surface area contributed by atoms with Crippen molar-refractivity contribution in [3.8, 4) is 0 Å². The number of alkyl halides is 1. The van der Waals surface area contributed by atoms with Gasteiger partial charge in [0.05, 0.1) is 6.04 Å². The Balaban J connectivity index is 1.29. The summed E-state index contributed by atoms with van der Waals surface area (Å²) in [7, 11) is 0. The number of fused-ring (bicyclic) bond motifs is 1. The van der Waals surface area contributed by atoms with E-state index in [9.17, 15) is 28.7 Å². The summed E-state index contributed by atoms with van der Waals surface area (Å²) in [4.78, 5) is 53.2. The SMILES string of the molecule is CC(C)(C)OC(=O)N[C@H](CF)[C@H]1CC[C@H](C(=O)N2CC[C@@H](c3ccccc3)[C@H]2C(=O)Nc2ccc3oc(C(=O)O)cc3c2)CC1. The molecular formula is C34H40FN3O7. The number of ether oxygens (including phenoxy) is 1. The first-order valence-corrected chi connectivity index (χ1v) is 15.4. The number of rotatable bonds is 8. The molecule has 3 N–H and O–H groups in total. The fraction of sp³-hybridized carbons (Fsp3) is 0.471. The number of carboxylic acids is 1. The van der Waals surface area contributed by atoms with Gasteiger partial charge in [0, 0.05) is 29.5 Å². The van der Waals surface area contributed by atoms with Gasteiger partial charge in [-0.05, 0) is 88.6 Å². The number of amides is 3. The van der Waals surface area contributed by atoms with E-state index in [-0.39, 0.29) is 35.3 Å². The van der Waals surface area contributed by atoms with E-state index in [0.717, 1.165) is 5.56 Å². The van der Waals surface area contributed by atoms with Crippen LogP contribution >= 0.6 is 0 Å². The zero-order valence-electron chi connectivity index (χ0n) is 25.8. The first-order chi connectivity index (χ1) is 21.4. The predicted octanol–water partition coefficient (Wildman–Crippen LogP) is 6.12. The summed E-state index contributed by atoms with van der Waals surface area (Å²) in [6.45, 7) is 4.94. The van der Waals surface area contributed by atoms with Gasteiger partial charge in [0.1, 0.15) is 23.9 Å². The molecule has 1 saturated heterocycles. The van der Waals surface area contributed by atoms with Crippen LogP contribution < -0.4 is 10.6 Å². The minimum atomic E-state index is -1.18. The van der Waals surface area contributed by atoms with Crippen LogP contribution in [0, 0.1) is 11.8 Å². The number of nitrogens with zero attached hydrogens (tertiary/aromatic N) is 1. The van der Waals surface area contributed by atoms with Crippen molar-refractivity contribution >= 4 is 40.5 Å². The predicted molar refractivity (Wildman–Crippen MR) is 166 cm³/mol. The number of likely N-dealkylation sites (tertiary alicyclic amines) is 1. The lowest BCUT2D eigenvalue weighted by Gasteiger charge is -2.36. The Kier molecular flexibility index (Phi) is 9.45. The number of nitrogens with one attached hydrogen (secondary N) is 2. The second kappa shape index (κ2) is 13.3. The zero-order valence-corrected chi connectivity index (χ0v) is 25.8. The number of carbonyl (C=O) groups is 4. The highest BCUT2D eigenvalue weighted by Gasteiger charge is 2.45. The minimum Gasteiger partial charge on any atom is -0.475 e. The number of hydrogen-bond acceptors (Lipinski definition) is 6. The molecule has 11 heteroatoms. The van der Waals surface area contributed by atoms with Crippen LogP contribution in [-0.2, 0) is 14.3 Å². The van der Waals surface area contributed by atoms with E-state index in [1.54, 1.807) is 43.9 Å². The van der Waals surface area contributed by atoms with Crippen molar-refractivity contribution in [3.05, 3.63) is 65.9 Å². The van der Waals surface area contributed by atoms with Crippen LogP contribution in [0.2, 0.25) is 0 Å². The van der Waals surface area contributed by atoms with Gasteiger partial charge in [-0.15, -0.1) is 0 Å². The molecule has 3 aromatic rings. The summed E-state index contributed by atoms with van der Waals surface area (Å²) >= 11 is 0. The average Bonchev–Trinajstić information content (AvgIpc) is 3.64. The topological polar surface area (TPSA) is 138 Å². The number of halogens is 1. The van der Waals surface area contributed by atoms with E-state index in [2.05, 4.69) is 10.6 Å². The van der Waals surface area contributed by atoms with Crippen LogP contribution in [-0.4, -0.2) is 64.8 Å². The lowest BCUT2D eigenvalue weighted by molar-refractivity contribution is -0.141. The molecule has 0 spiro atoms. The first-order valence-electron chi connectivity index (χ1n) is 15.4. The standard InChI is InChI=1S/C34H40FN3O7/c1-34(2,3)45-33(43)37-26(19-35)21-9-11-22(12-10-21)31(40)38-16-15-25(20-7-5-4-6-8-20)29(38)30(39)36-24-13-14-27-23(17-24)18-28(44-27)32(41)42/h4-8,13-14,17-18,21-22,25-26,29H,9-12,15-16,19H2,1-3H3,(H,36,39)(H,37,43)(H,41,42)/t21-,22-,25-,26+,29-/m0/s1. The summed E-state index contributed by atoms with van der Waals surface area (Å²) in [6, 6.07) is 14.5. The Hall–Kier alpha value is -4.41. The van der Waals surface area contributed by atoms with Crippen LogP contribution in [0.1, 0.15) is 74.9 Å². The van der Waals surface area contributed by atoms with E-state index >= 15 is 0 Å². The molecule has 3 atom stereocenters. The average molecular weight is 622 g/mol. The number of furan rings is 1. The highest BCUT2D eigenvalue weighted by Crippen LogP contribution is 2.39. The molecule has 1 saturated carbocycles. The van der Waals surface area contributed by atoms with Crippen LogP contribution in [0.5, 0.6) is 0 Å². The van der Waals surface area contributed by atoms with Gasteiger partial charge < -0.3 is 29.8 Å². The fourth-order valence-electron chi connectivity index (χ4n) is 6.60. The van der Waals surface area contributed by atoms with Gasteiger partial charge in [0.15, 0.2) is 0 Å². The monoisotopic (exact) mass is 621 g/mol. The number of carboxylic acid groups (broad SMARTS) is 1. The van der Waals surface area contributed by atoms with Gasteiger partial charge in [0.25, 0.3) is 0 Å². The fourth-order valence-corrected chi connectivity index (χ4v) is 6.60. The highest BCUT2D eigenvalue weighted by atomic mass is 19.1. The summed E-state index contributed by atoms with van der Waals surface area (Å²) in [5.74, 6) is -2.46. The third kappa shape index (κ3) is 7.46. The lowest BCUT2D eigenvalue weighted by Crippen LogP contribution is -2.49. The summed E-state index contributed by atoms with van der Waals surface area (Å²) in [6.07, 6.45) is 2.15. The van der Waals surface area contributed by atoms with Crippen LogP contribution in [0.25, 0.3) is 11.0 Å². The van der Waals surface area contributed by atoms with Gasteiger partial charge in [-0.2, -0.15) is 0 Å². The number of anilines is 1. The Labute approximate surface area is 261 Å². The summed E-state index contributed by atoms with van der Waals surface area (Å²) < 4.78 is 24.6. The van der Waals surface area contributed by atoms with E-state index < -0.39 is 36.4 Å². The second-order valence-corrected chi connectivity index (χ2v) is 13.0. The first kappa shape index (κ1) is 32.0. The van der Waals surface area contributed by atoms with Gasteiger partial charge in [-0.1, -0.05) is 30.3 Å². The molecule has 2 fully saturated rings. The van der Waals surface area contributed by atoms with Gasteiger partial charge in [0.2, 0.25) is 17.6 Å². The molecule has 5 rings (SSSR count). The largest absolute Gasteiger partial charge is 0.475 e. The van der Waals surface area contributed by atoms with Crippen molar-refractivity contribution in [2.24, 2.45) is 11.8 Å². The van der Waals surface area contributed by atoms with Gasteiger partial charge in [-0.25, -0.2) is 14.0 Å². The van der Waals surface area contributed by atoms with Gasteiger partial charge >= 0.3 is 12.1 Å². The molecule has 2 heterocycles. The van der Waals surface area contributed by atoms with Crippen molar-refractivity contribution in [2.45, 2.75) is 76.5 Å². The molecule has 2 aromatic carbocycles. The molecule has 10 nitrogen and oxygen atoms in total.